The first-order chi connectivity index (χ1) is 15.3. The zero-order valence-corrected chi connectivity index (χ0v) is 18.0. The average Bonchev–Trinajstić information content (AvgIpc) is 3.60. The number of nitrogens with zero attached hydrogens (tertiary/aromatic N) is 1. The molecule has 0 radical (unpaired) electrons. The number of rotatable bonds is 6. The predicted molar refractivity (Wildman–Crippen MR) is 117 cm³/mol. The first kappa shape index (κ1) is 21.9. The minimum Gasteiger partial charge on any atom is -0.349 e. The summed E-state index contributed by atoms with van der Waals surface area (Å²) in [6.07, 6.45) is 3.26. The van der Waals surface area contributed by atoms with Gasteiger partial charge in [0.05, 0.1) is 16.3 Å². The molecular formula is C24H20ClF2N3O2. The summed E-state index contributed by atoms with van der Waals surface area (Å²) in [5.41, 5.74) is 2.50. The van der Waals surface area contributed by atoms with Gasteiger partial charge in [-0.25, -0.2) is 8.78 Å². The minimum absolute atomic E-state index is 0.0154. The highest BCUT2D eigenvalue weighted by Gasteiger charge is 2.24. The van der Waals surface area contributed by atoms with Crippen LogP contribution < -0.4 is 10.6 Å². The van der Waals surface area contributed by atoms with Crippen molar-refractivity contribution in [2.75, 3.05) is 0 Å². The Labute approximate surface area is 188 Å². The Hall–Kier alpha value is -3.32. The number of hydrogen-bond acceptors (Lipinski definition) is 3. The molecule has 0 saturated heterocycles. The van der Waals surface area contributed by atoms with Crippen LogP contribution in [0.3, 0.4) is 0 Å². The Kier molecular flexibility index (Phi) is 6.19. The molecule has 1 fully saturated rings. The monoisotopic (exact) mass is 455 g/mol. The van der Waals surface area contributed by atoms with E-state index in [0.717, 1.165) is 12.8 Å². The van der Waals surface area contributed by atoms with E-state index in [-0.39, 0.29) is 35.0 Å². The topological polar surface area (TPSA) is 71.1 Å². The molecule has 1 saturated carbocycles. The summed E-state index contributed by atoms with van der Waals surface area (Å²) in [6.45, 7) is 1.78. The predicted octanol–water partition coefficient (Wildman–Crippen LogP) is 4.81. The molecule has 1 aromatic heterocycles. The van der Waals surface area contributed by atoms with Crippen molar-refractivity contribution in [2.45, 2.75) is 32.4 Å². The number of amides is 2. The van der Waals surface area contributed by atoms with E-state index >= 15 is 0 Å². The maximum atomic E-state index is 14.5. The van der Waals surface area contributed by atoms with Crippen molar-refractivity contribution in [1.82, 2.24) is 15.6 Å². The minimum atomic E-state index is -0.526. The molecule has 0 spiro atoms. The molecular weight excluding hydrogens is 436 g/mol. The number of halogens is 3. The zero-order valence-electron chi connectivity index (χ0n) is 17.2. The van der Waals surface area contributed by atoms with Gasteiger partial charge in [-0.2, -0.15) is 0 Å². The molecule has 0 unspecified atom stereocenters. The van der Waals surface area contributed by atoms with Gasteiger partial charge in [-0.1, -0.05) is 17.7 Å². The number of benzene rings is 2. The average molecular weight is 456 g/mol. The highest BCUT2D eigenvalue weighted by atomic mass is 35.5. The third kappa shape index (κ3) is 4.94. The standard InChI is InChI=1S/C24H20ClF2N3O2/c1-13-18(9-16(10-21(13)27)24(32)30-17-4-5-17)22-7-3-15(12-28-22)23(31)29-11-14-2-6-20(26)19(25)8-14/h2-3,6-10,12,17H,4-5,11H2,1H3,(H,29,31)(H,30,32). The van der Waals surface area contributed by atoms with Gasteiger partial charge in [0.2, 0.25) is 0 Å². The normalized spacial score (nSPS) is 13.0. The van der Waals surface area contributed by atoms with Gasteiger partial charge in [-0.15, -0.1) is 0 Å². The summed E-state index contributed by atoms with van der Waals surface area (Å²) >= 11 is 5.75. The Morgan fingerprint density at radius 2 is 1.81 bits per heavy atom. The van der Waals surface area contributed by atoms with Gasteiger partial charge in [0.1, 0.15) is 11.6 Å². The fourth-order valence-corrected chi connectivity index (χ4v) is 3.40. The van der Waals surface area contributed by atoms with Crippen molar-refractivity contribution in [3.63, 3.8) is 0 Å². The quantitative estimate of drug-likeness (QED) is 0.560. The third-order valence-electron chi connectivity index (χ3n) is 5.26. The molecule has 2 aromatic carbocycles. The van der Waals surface area contributed by atoms with Crippen LogP contribution in [0.5, 0.6) is 0 Å². The Morgan fingerprint density at radius 1 is 1.03 bits per heavy atom. The maximum absolute atomic E-state index is 14.5. The van der Waals surface area contributed by atoms with Gasteiger partial charge in [0.15, 0.2) is 0 Å². The lowest BCUT2D eigenvalue weighted by molar-refractivity contribution is 0.0942. The second-order valence-electron chi connectivity index (χ2n) is 7.74. The lowest BCUT2D eigenvalue weighted by atomic mass is 10.00. The van der Waals surface area contributed by atoms with Crippen molar-refractivity contribution in [3.05, 3.63) is 87.6 Å². The first-order valence-electron chi connectivity index (χ1n) is 10.1. The number of aromatic nitrogens is 1. The van der Waals surface area contributed by atoms with E-state index in [9.17, 15) is 18.4 Å². The van der Waals surface area contributed by atoms with Crippen molar-refractivity contribution in [3.8, 4) is 11.3 Å². The highest BCUT2D eigenvalue weighted by Crippen LogP contribution is 2.27. The molecule has 4 rings (SSSR count). The molecule has 164 valence electrons. The van der Waals surface area contributed by atoms with Crippen molar-refractivity contribution >= 4 is 23.4 Å². The summed E-state index contributed by atoms with van der Waals surface area (Å²) in [5.74, 6) is -1.71. The fourth-order valence-electron chi connectivity index (χ4n) is 3.19. The zero-order chi connectivity index (χ0) is 22.8. The Morgan fingerprint density at radius 3 is 2.47 bits per heavy atom. The van der Waals surface area contributed by atoms with Crippen LogP contribution in [-0.4, -0.2) is 22.8 Å². The molecule has 8 heteroatoms. The van der Waals surface area contributed by atoms with Gasteiger partial charge in [0.25, 0.3) is 11.8 Å². The molecule has 2 amide bonds. The molecule has 3 aromatic rings. The first-order valence-corrected chi connectivity index (χ1v) is 10.5. The van der Waals surface area contributed by atoms with Crippen molar-refractivity contribution in [1.29, 1.82) is 0 Å². The molecule has 0 aliphatic heterocycles. The maximum Gasteiger partial charge on any atom is 0.253 e. The van der Waals surface area contributed by atoms with Gasteiger partial charge in [-0.3, -0.25) is 14.6 Å². The van der Waals surface area contributed by atoms with E-state index in [0.29, 0.717) is 27.9 Å². The van der Waals surface area contributed by atoms with Crippen LogP contribution in [0.4, 0.5) is 8.78 Å². The summed E-state index contributed by atoms with van der Waals surface area (Å²) in [7, 11) is 0. The molecule has 32 heavy (non-hydrogen) atoms. The highest BCUT2D eigenvalue weighted by molar-refractivity contribution is 6.30. The molecule has 0 bridgehead atoms. The molecule has 0 atom stereocenters. The van der Waals surface area contributed by atoms with Crippen LogP contribution in [0, 0.1) is 18.6 Å². The Balaban J connectivity index is 1.49. The van der Waals surface area contributed by atoms with E-state index in [1.165, 1.54) is 30.5 Å². The van der Waals surface area contributed by atoms with Crippen LogP contribution in [0.25, 0.3) is 11.3 Å². The molecule has 2 N–H and O–H groups in total. The summed E-state index contributed by atoms with van der Waals surface area (Å²) in [5, 5.41) is 5.55. The number of carbonyl (C=O) groups excluding carboxylic acids is 2. The number of nitrogens with one attached hydrogen (secondary N) is 2. The molecule has 1 aliphatic carbocycles. The van der Waals surface area contributed by atoms with Crippen LogP contribution in [0.2, 0.25) is 5.02 Å². The van der Waals surface area contributed by atoms with Gasteiger partial charge < -0.3 is 10.6 Å². The largest absolute Gasteiger partial charge is 0.349 e. The number of pyridine rings is 1. The van der Waals surface area contributed by atoms with E-state index in [1.54, 1.807) is 25.1 Å². The molecule has 1 heterocycles. The van der Waals surface area contributed by atoms with Gasteiger partial charge in [-0.05, 0) is 67.3 Å². The number of carbonyl (C=O) groups is 2. The van der Waals surface area contributed by atoms with E-state index in [4.69, 9.17) is 11.6 Å². The van der Waals surface area contributed by atoms with Crippen LogP contribution >= 0.6 is 11.6 Å². The number of hydrogen-bond donors (Lipinski definition) is 2. The molecule has 1 aliphatic rings. The summed E-state index contributed by atoms with van der Waals surface area (Å²) in [4.78, 5) is 29.1. The smallest absolute Gasteiger partial charge is 0.253 e. The van der Waals surface area contributed by atoms with E-state index in [1.807, 2.05) is 0 Å². The lowest BCUT2D eigenvalue weighted by Crippen LogP contribution is -2.25. The SMILES string of the molecule is Cc1c(F)cc(C(=O)NC2CC2)cc1-c1ccc(C(=O)NCc2ccc(F)c(Cl)c2)cn1. The van der Waals surface area contributed by atoms with Gasteiger partial charge in [0, 0.05) is 29.9 Å². The second-order valence-corrected chi connectivity index (χ2v) is 8.15. The van der Waals surface area contributed by atoms with Gasteiger partial charge >= 0.3 is 0 Å². The van der Waals surface area contributed by atoms with E-state index < -0.39 is 11.6 Å². The summed E-state index contributed by atoms with van der Waals surface area (Å²) in [6, 6.07) is 10.4. The second kappa shape index (κ2) is 9.04. The van der Waals surface area contributed by atoms with Crippen molar-refractivity contribution < 1.29 is 18.4 Å². The van der Waals surface area contributed by atoms with Crippen molar-refractivity contribution in [2.24, 2.45) is 0 Å². The Bertz CT molecular complexity index is 1190. The van der Waals surface area contributed by atoms with Crippen LogP contribution in [0.1, 0.15) is 44.7 Å². The molecule has 5 nitrogen and oxygen atoms in total. The van der Waals surface area contributed by atoms with Crippen LogP contribution in [0.15, 0.2) is 48.7 Å². The fraction of sp³-hybridized carbons (Fsp3) is 0.208. The summed E-state index contributed by atoms with van der Waals surface area (Å²) < 4.78 is 27.7. The lowest BCUT2D eigenvalue weighted by Gasteiger charge is -2.11. The van der Waals surface area contributed by atoms with Crippen LogP contribution in [-0.2, 0) is 6.54 Å². The van der Waals surface area contributed by atoms with E-state index in [2.05, 4.69) is 15.6 Å². The third-order valence-corrected chi connectivity index (χ3v) is 5.55.